The molecule has 3 heteroatoms. The van der Waals surface area contributed by atoms with Gasteiger partial charge in [-0.05, 0) is 48.8 Å². The van der Waals surface area contributed by atoms with Crippen molar-refractivity contribution in [1.82, 2.24) is 0 Å². The zero-order chi connectivity index (χ0) is 14.1. The molecule has 1 N–H and O–H groups in total. The smallest absolute Gasteiger partial charge is 0.165 e. The lowest BCUT2D eigenvalue weighted by Gasteiger charge is -2.40. The molecule has 0 bridgehead atoms. The molecule has 0 aliphatic heterocycles. The molecule has 0 heterocycles. The van der Waals surface area contributed by atoms with E-state index < -0.39 is 5.60 Å². The van der Waals surface area contributed by atoms with Crippen LogP contribution in [0.4, 0.5) is 4.39 Å². The van der Waals surface area contributed by atoms with E-state index in [1.807, 2.05) is 6.07 Å². The maximum Gasteiger partial charge on any atom is 0.165 e. The fourth-order valence-electron chi connectivity index (χ4n) is 2.77. The largest absolute Gasteiger partial charge is 0.494 e. The number of halogens is 1. The van der Waals surface area contributed by atoms with Crippen LogP contribution in [0.1, 0.15) is 45.1 Å². The highest BCUT2D eigenvalue weighted by atomic mass is 19.1. The minimum absolute atomic E-state index is 0.250. The first-order valence-corrected chi connectivity index (χ1v) is 6.88. The van der Waals surface area contributed by atoms with Gasteiger partial charge in [-0.25, -0.2) is 4.39 Å². The zero-order valence-corrected chi connectivity index (χ0v) is 12.0. The van der Waals surface area contributed by atoms with Crippen LogP contribution < -0.4 is 4.74 Å². The van der Waals surface area contributed by atoms with Crippen LogP contribution >= 0.6 is 0 Å². The SMILES string of the molecule is COc1ccc(CC2(O)CCC(C)(C)CC2)cc1F. The summed E-state index contributed by atoms with van der Waals surface area (Å²) < 4.78 is 18.6. The van der Waals surface area contributed by atoms with Crippen LogP contribution in [-0.4, -0.2) is 17.8 Å². The molecule has 0 radical (unpaired) electrons. The summed E-state index contributed by atoms with van der Waals surface area (Å²) in [5.74, 6) is -0.111. The second-order valence-corrected chi connectivity index (χ2v) is 6.53. The van der Waals surface area contributed by atoms with Crippen molar-refractivity contribution in [3.63, 3.8) is 0 Å². The summed E-state index contributed by atoms with van der Waals surface area (Å²) in [4.78, 5) is 0. The van der Waals surface area contributed by atoms with Gasteiger partial charge in [-0.2, -0.15) is 0 Å². The molecule has 0 unspecified atom stereocenters. The maximum atomic E-state index is 13.6. The van der Waals surface area contributed by atoms with Gasteiger partial charge >= 0.3 is 0 Å². The third-order valence-electron chi connectivity index (χ3n) is 4.28. The van der Waals surface area contributed by atoms with E-state index in [0.29, 0.717) is 11.8 Å². The first-order chi connectivity index (χ1) is 8.84. The molecule has 0 saturated heterocycles. The Hall–Kier alpha value is -1.09. The third kappa shape index (κ3) is 3.47. The van der Waals surface area contributed by atoms with E-state index in [4.69, 9.17) is 4.74 Å². The molecule has 0 aromatic heterocycles. The van der Waals surface area contributed by atoms with E-state index in [1.54, 1.807) is 6.07 Å². The predicted octanol–water partition coefficient (Wildman–Crippen LogP) is 3.71. The standard InChI is InChI=1S/C16H23FO2/c1-15(2)6-8-16(18,9-7-15)11-12-4-5-14(19-3)13(17)10-12/h4-5,10,18H,6-9,11H2,1-3H3. The molecule has 1 saturated carbocycles. The van der Waals surface area contributed by atoms with E-state index in [1.165, 1.54) is 13.2 Å². The van der Waals surface area contributed by atoms with E-state index in [2.05, 4.69) is 13.8 Å². The van der Waals surface area contributed by atoms with E-state index in [0.717, 1.165) is 31.2 Å². The highest BCUT2D eigenvalue weighted by molar-refractivity contribution is 5.30. The minimum Gasteiger partial charge on any atom is -0.494 e. The van der Waals surface area contributed by atoms with Crippen LogP contribution in [-0.2, 0) is 6.42 Å². The summed E-state index contributed by atoms with van der Waals surface area (Å²) in [7, 11) is 1.45. The molecule has 1 fully saturated rings. The summed E-state index contributed by atoms with van der Waals surface area (Å²) in [6.45, 7) is 4.47. The number of benzene rings is 1. The van der Waals surface area contributed by atoms with Gasteiger partial charge in [0.05, 0.1) is 12.7 Å². The Morgan fingerprint density at radius 1 is 1.21 bits per heavy atom. The summed E-state index contributed by atoms with van der Waals surface area (Å²) in [5, 5.41) is 10.6. The lowest BCUT2D eigenvalue weighted by atomic mass is 9.69. The predicted molar refractivity (Wildman–Crippen MR) is 73.9 cm³/mol. The van der Waals surface area contributed by atoms with Crippen molar-refractivity contribution in [1.29, 1.82) is 0 Å². The van der Waals surface area contributed by atoms with Gasteiger partial charge in [0.2, 0.25) is 0 Å². The normalized spacial score (nSPS) is 21.1. The van der Waals surface area contributed by atoms with Crippen LogP contribution in [0.5, 0.6) is 5.75 Å². The van der Waals surface area contributed by atoms with Crippen LogP contribution in [0.25, 0.3) is 0 Å². The number of hydrogen-bond donors (Lipinski definition) is 1. The van der Waals surface area contributed by atoms with E-state index in [9.17, 15) is 9.50 Å². The quantitative estimate of drug-likeness (QED) is 0.903. The van der Waals surface area contributed by atoms with Crippen molar-refractivity contribution in [2.45, 2.75) is 51.6 Å². The Bertz CT molecular complexity index is 444. The molecule has 1 aliphatic carbocycles. The lowest BCUT2D eigenvalue weighted by molar-refractivity contribution is -0.0251. The van der Waals surface area contributed by atoms with E-state index in [-0.39, 0.29) is 11.6 Å². The molecule has 0 atom stereocenters. The number of methoxy groups -OCH3 is 1. The Balaban J connectivity index is 2.07. The molecular formula is C16H23FO2. The van der Waals surface area contributed by atoms with Gasteiger partial charge in [-0.3, -0.25) is 0 Å². The number of hydrogen-bond acceptors (Lipinski definition) is 2. The van der Waals surface area contributed by atoms with Crippen molar-refractivity contribution >= 4 is 0 Å². The van der Waals surface area contributed by atoms with Gasteiger partial charge in [0, 0.05) is 6.42 Å². The Morgan fingerprint density at radius 2 is 1.84 bits per heavy atom. The van der Waals surface area contributed by atoms with Gasteiger partial charge in [-0.1, -0.05) is 19.9 Å². The molecule has 0 spiro atoms. The lowest BCUT2D eigenvalue weighted by Crippen LogP contribution is -2.38. The summed E-state index contributed by atoms with van der Waals surface area (Å²) in [6, 6.07) is 4.93. The van der Waals surface area contributed by atoms with Gasteiger partial charge in [0.1, 0.15) is 0 Å². The first-order valence-electron chi connectivity index (χ1n) is 6.88. The highest BCUT2D eigenvalue weighted by Gasteiger charge is 2.36. The van der Waals surface area contributed by atoms with Crippen LogP contribution in [0.15, 0.2) is 18.2 Å². The summed E-state index contributed by atoms with van der Waals surface area (Å²) in [6.07, 6.45) is 4.12. The van der Waals surface area contributed by atoms with Gasteiger partial charge < -0.3 is 9.84 Å². The number of aliphatic hydroxyl groups is 1. The second-order valence-electron chi connectivity index (χ2n) is 6.53. The van der Waals surface area contributed by atoms with Crippen molar-refractivity contribution in [3.05, 3.63) is 29.6 Å². The third-order valence-corrected chi connectivity index (χ3v) is 4.28. The summed E-state index contributed by atoms with van der Waals surface area (Å²) >= 11 is 0. The van der Waals surface area contributed by atoms with Gasteiger partial charge in [0.25, 0.3) is 0 Å². The Morgan fingerprint density at radius 3 is 2.37 bits per heavy atom. The monoisotopic (exact) mass is 266 g/mol. The minimum atomic E-state index is -0.684. The topological polar surface area (TPSA) is 29.5 Å². The Labute approximate surface area is 114 Å². The van der Waals surface area contributed by atoms with Crippen LogP contribution in [0, 0.1) is 11.2 Å². The second kappa shape index (κ2) is 5.12. The average molecular weight is 266 g/mol. The molecule has 1 aromatic carbocycles. The Kier molecular flexibility index (Phi) is 3.86. The van der Waals surface area contributed by atoms with Crippen molar-refractivity contribution < 1.29 is 14.2 Å². The average Bonchev–Trinajstić information content (AvgIpc) is 2.34. The van der Waals surface area contributed by atoms with Crippen LogP contribution in [0.3, 0.4) is 0 Å². The molecular weight excluding hydrogens is 243 g/mol. The van der Waals surface area contributed by atoms with E-state index >= 15 is 0 Å². The molecule has 19 heavy (non-hydrogen) atoms. The highest BCUT2D eigenvalue weighted by Crippen LogP contribution is 2.41. The fraction of sp³-hybridized carbons (Fsp3) is 0.625. The van der Waals surface area contributed by atoms with Crippen molar-refractivity contribution in [2.75, 3.05) is 7.11 Å². The van der Waals surface area contributed by atoms with Crippen molar-refractivity contribution in [2.24, 2.45) is 5.41 Å². The molecule has 1 aliphatic rings. The van der Waals surface area contributed by atoms with Gasteiger partial charge in [-0.15, -0.1) is 0 Å². The maximum absolute atomic E-state index is 13.6. The summed E-state index contributed by atoms with van der Waals surface area (Å²) in [5.41, 5.74) is 0.467. The fourth-order valence-corrected chi connectivity index (χ4v) is 2.77. The molecule has 0 amide bonds. The first kappa shape index (κ1) is 14.3. The molecule has 2 nitrogen and oxygen atoms in total. The van der Waals surface area contributed by atoms with Gasteiger partial charge in [0.15, 0.2) is 11.6 Å². The molecule has 2 rings (SSSR count). The number of rotatable bonds is 3. The zero-order valence-electron chi connectivity index (χ0n) is 12.0. The molecule has 106 valence electrons. The number of ether oxygens (including phenoxy) is 1. The van der Waals surface area contributed by atoms with Crippen LogP contribution in [0.2, 0.25) is 0 Å². The van der Waals surface area contributed by atoms with Crippen molar-refractivity contribution in [3.8, 4) is 5.75 Å². The molecule has 1 aromatic rings.